The third kappa shape index (κ3) is 3.33. The van der Waals surface area contributed by atoms with Gasteiger partial charge in [0.1, 0.15) is 5.75 Å². The predicted octanol–water partition coefficient (Wildman–Crippen LogP) is 1.29. The molecule has 1 aromatic heterocycles. The number of aliphatic imine (C=N–C) groups is 1. The zero-order valence-electron chi connectivity index (χ0n) is 16.6. The number of para-hydroxylation sites is 1. The van der Waals surface area contributed by atoms with Crippen LogP contribution >= 0.6 is 0 Å². The highest BCUT2D eigenvalue weighted by Crippen LogP contribution is 2.28. The van der Waals surface area contributed by atoms with Crippen LogP contribution in [-0.2, 0) is 9.63 Å². The fourth-order valence-corrected chi connectivity index (χ4v) is 3.12. The van der Waals surface area contributed by atoms with Gasteiger partial charge in [-0.3, -0.25) is 0 Å². The summed E-state index contributed by atoms with van der Waals surface area (Å²) in [6, 6.07) is 15.8. The van der Waals surface area contributed by atoms with E-state index in [4.69, 9.17) is 14.1 Å². The van der Waals surface area contributed by atoms with Crippen molar-refractivity contribution in [3.8, 4) is 17.4 Å². The second-order valence-corrected chi connectivity index (χ2v) is 6.51. The summed E-state index contributed by atoms with van der Waals surface area (Å²) in [5.41, 5.74) is 3.64. The molecule has 0 bridgehead atoms. The molecule has 1 fully saturated rings. The Morgan fingerprint density at radius 3 is 2.66 bits per heavy atom. The molecule has 0 amide bonds. The number of nitrogens with one attached hydrogen (secondary N) is 1. The molecule has 5 rings (SSSR count). The van der Waals surface area contributed by atoms with Gasteiger partial charge < -0.3 is 19.2 Å². The second-order valence-electron chi connectivity index (χ2n) is 6.51. The van der Waals surface area contributed by atoms with E-state index in [1.54, 1.807) is 48.5 Å². The molecule has 0 atom stereocenters. The monoisotopic (exact) mass is 433 g/mol. The van der Waals surface area contributed by atoms with Crippen molar-refractivity contribution < 1.29 is 28.7 Å². The van der Waals surface area contributed by atoms with Crippen molar-refractivity contribution in [3.05, 3.63) is 71.8 Å². The van der Waals surface area contributed by atoms with Crippen molar-refractivity contribution >= 4 is 17.5 Å². The van der Waals surface area contributed by atoms with E-state index in [-0.39, 0.29) is 23.0 Å². The Kier molecular flexibility index (Phi) is 4.80. The van der Waals surface area contributed by atoms with E-state index < -0.39 is 11.9 Å². The molecule has 0 aliphatic carbocycles. The molecule has 1 N–H and O–H groups in total. The highest BCUT2D eigenvalue weighted by atomic mass is 16.7. The minimum atomic E-state index is -0.755. The number of hydrogen-bond donors (Lipinski definition) is 1. The molecule has 2 aliphatic rings. The van der Waals surface area contributed by atoms with Crippen LogP contribution in [0.2, 0.25) is 0 Å². The minimum Gasteiger partial charge on any atom is -0.539 e. The van der Waals surface area contributed by atoms with Crippen LogP contribution < -0.4 is 25.1 Å². The van der Waals surface area contributed by atoms with Crippen LogP contribution in [0.5, 0.6) is 11.7 Å². The second kappa shape index (κ2) is 7.92. The fourth-order valence-electron chi connectivity index (χ4n) is 3.12. The predicted molar refractivity (Wildman–Crippen MR) is 105 cm³/mol. The van der Waals surface area contributed by atoms with Crippen molar-refractivity contribution in [2.45, 2.75) is 6.92 Å². The lowest BCUT2D eigenvalue weighted by molar-refractivity contribution is -0.671. The number of benzene rings is 2. The maximum atomic E-state index is 12.4. The van der Waals surface area contributed by atoms with Gasteiger partial charge in [-0.1, -0.05) is 23.8 Å². The average Bonchev–Trinajstić information content (AvgIpc) is 3.53. The molecular weight excluding hydrogens is 418 g/mol. The fraction of sp³-hybridized carbons (Fsp3) is 0.100. The molecule has 12 heteroatoms. The van der Waals surface area contributed by atoms with Crippen LogP contribution in [0, 0.1) is 0 Å². The van der Waals surface area contributed by atoms with Crippen LogP contribution in [0.1, 0.15) is 12.6 Å². The Hall–Kier alpha value is -4.58. The maximum absolute atomic E-state index is 12.4. The number of azo groups is 1. The van der Waals surface area contributed by atoms with Gasteiger partial charge in [-0.15, -0.1) is 10.2 Å². The minimum absolute atomic E-state index is 0.0199. The molecular formula is C20H15N7O5. The standard InChI is InChI=1S/C20H15N7O5/c1-2-30-14-10-8-13(9-11-14)27-16(20(29)32-25-27)18-21-17(22-23-18)15-19(28)31-24-26(15)12-6-4-3-5-7-12/h3-11H,2H2,1H3,(H-,21,24,25,28,29). The number of hydrazine groups is 1. The highest BCUT2D eigenvalue weighted by Gasteiger charge is 2.36. The third-order valence-corrected chi connectivity index (χ3v) is 4.54. The number of ether oxygens (including phenoxy) is 1. The molecule has 3 heterocycles. The van der Waals surface area contributed by atoms with Gasteiger partial charge in [0, 0.05) is 12.1 Å². The number of amidine groups is 1. The first-order valence-electron chi connectivity index (χ1n) is 9.55. The lowest BCUT2D eigenvalue weighted by atomic mass is 10.3. The van der Waals surface area contributed by atoms with Gasteiger partial charge in [-0.05, 0) is 35.9 Å². The molecule has 160 valence electrons. The summed E-state index contributed by atoms with van der Waals surface area (Å²) in [5.74, 6) is -0.866. The van der Waals surface area contributed by atoms with Gasteiger partial charge in [-0.2, -0.15) is 4.99 Å². The molecule has 0 unspecified atom stereocenters. The number of carbonyl (C=O) groups excluding carboxylic acids is 1. The Morgan fingerprint density at radius 2 is 1.91 bits per heavy atom. The molecule has 3 aromatic rings. The van der Waals surface area contributed by atoms with Crippen LogP contribution in [0.3, 0.4) is 0 Å². The summed E-state index contributed by atoms with van der Waals surface area (Å²) < 4.78 is 11.5. The van der Waals surface area contributed by atoms with Crippen molar-refractivity contribution in [3.63, 3.8) is 0 Å². The molecule has 12 nitrogen and oxygen atoms in total. The van der Waals surface area contributed by atoms with Crippen molar-refractivity contribution in [1.29, 1.82) is 0 Å². The average molecular weight is 433 g/mol. The first-order chi connectivity index (χ1) is 15.7. The zero-order valence-corrected chi connectivity index (χ0v) is 16.6. The topological polar surface area (TPSA) is 141 Å². The van der Waals surface area contributed by atoms with Crippen molar-refractivity contribution in [2.75, 3.05) is 11.6 Å². The molecule has 1 saturated heterocycles. The Labute approximate surface area is 180 Å². The van der Waals surface area contributed by atoms with E-state index in [0.29, 0.717) is 23.7 Å². The maximum Gasteiger partial charge on any atom is 0.380 e. The molecule has 0 saturated carbocycles. The number of nitrogens with zero attached hydrogens (tertiary/aromatic N) is 6. The third-order valence-electron chi connectivity index (χ3n) is 4.54. The van der Waals surface area contributed by atoms with Gasteiger partial charge in [0.05, 0.1) is 17.6 Å². The summed E-state index contributed by atoms with van der Waals surface area (Å²) in [7, 11) is 0. The number of hydrogen-bond acceptors (Lipinski definition) is 11. The van der Waals surface area contributed by atoms with Crippen LogP contribution in [-0.4, -0.2) is 23.7 Å². The first-order valence-corrected chi connectivity index (χ1v) is 9.55. The van der Waals surface area contributed by atoms with E-state index in [1.807, 2.05) is 13.0 Å². The zero-order chi connectivity index (χ0) is 22.1. The van der Waals surface area contributed by atoms with Crippen LogP contribution in [0.25, 0.3) is 5.69 Å². The molecule has 0 radical (unpaired) electrons. The quantitative estimate of drug-likeness (QED) is 0.469. The van der Waals surface area contributed by atoms with Crippen molar-refractivity contribution in [1.82, 2.24) is 10.9 Å². The van der Waals surface area contributed by atoms with Gasteiger partial charge in [-0.25, -0.2) is 9.80 Å². The van der Waals surface area contributed by atoms with Gasteiger partial charge in [0.15, 0.2) is 11.6 Å². The van der Waals surface area contributed by atoms with E-state index in [0.717, 1.165) is 0 Å². The molecule has 2 aliphatic heterocycles. The summed E-state index contributed by atoms with van der Waals surface area (Å²) >= 11 is 0. The lowest BCUT2D eigenvalue weighted by Crippen LogP contribution is -2.38. The normalized spacial score (nSPS) is 17.6. The first kappa shape index (κ1) is 19.4. The summed E-state index contributed by atoms with van der Waals surface area (Å²) in [4.78, 5) is 21.5. The number of anilines is 1. The Bertz CT molecular complexity index is 1270. The lowest BCUT2D eigenvalue weighted by Gasteiger charge is -2.14. The Morgan fingerprint density at radius 1 is 1.12 bits per heavy atom. The Balaban J connectivity index is 1.53. The summed E-state index contributed by atoms with van der Waals surface area (Å²) in [6.07, 6.45) is 0. The van der Waals surface area contributed by atoms with Gasteiger partial charge >= 0.3 is 11.7 Å². The van der Waals surface area contributed by atoms with E-state index in [2.05, 4.69) is 26.1 Å². The number of carbonyl (C=O) groups is 1. The van der Waals surface area contributed by atoms with Gasteiger partial charge in [0.2, 0.25) is 11.5 Å². The van der Waals surface area contributed by atoms with E-state index in [1.165, 1.54) is 9.69 Å². The molecule has 32 heavy (non-hydrogen) atoms. The van der Waals surface area contributed by atoms with Crippen LogP contribution in [0.15, 0.2) is 85.9 Å². The van der Waals surface area contributed by atoms with E-state index in [9.17, 15) is 9.90 Å². The highest BCUT2D eigenvalue weighted by molar-refractivity contribution is 6.01. The van der Waals surface area contributed by atoms with Crippen LogP contribution in [0.4, 0.5) is 5.69 Å². The molecule has 0 spiro atoms. The number of aromatic nitrogens is 2. The van der Waals surface area contributed by atoms with E-state index >= 15 is 0 Å². The SMILES string of the molecule is CCOc1ccc(-[n+]2noc([O-])c2C2=N/C(=C3/C(=O)ONN3c3ccccc3)N=N2)cc1. The largest absolute Gasteiger partial charge is 0.539 e. The summed E-state index contributed by atoms with van der Waals surface area (Å²) in [6.45, 7) is 2.41. The van der Waals surface area contributed by atoms with Crippen molar-refractivity contribution in [2.24, 2.45) is 15.2 Å². The molecule has 2 aromatic carbocycles. The number of rotatable bonds is 5. The smallest absolute Gasteiger partial charge is 0.380 e. The van der Waals surface area contributed by atoms with Gasteiger partial charge in [0.25, 0.3) is 5.84 Å². The summed E-state index contributed by atoms with van der Waals surface area (Å²) in [5, 5.41) is 25.5.